The lowest BCUT2D eigenvalue weighted by atomic mass is 9.93. The monoisotopic (exact) mass is 213 g/mol. The van der Waals surface area contributed by atoms with Crippen LogP contribution in [0.3, 0.4) is 0 Å². The van der Waals surface area contributed by atoms with Crippen molar-refractivity contribution in [3.63, 3.8) is 0 Å². The zero-order valence-corrected chi connectivity index (χ0v) is 9.97. The molecule has 0 saturated heterocycles. The van der Waals surface area contributed by atoms with E-state index in [2.05, 4.69) is 30.8 Å². The van der Waals surface area contributed by atoms with Gasteiger partial charge in [-0.05, 0) is 19.0 Å². The first-order valence-corrected chi connectivity index (χ1v) is 5.68. The second kappa shape index (κ2) is 4.87. The maximum atomic E-state index is 5.69. The summed E-state index contributed by atoms with van der Waals surface area (Å²) in [5.74, 6) is 0. The number of rotatable bonds is 5. The number of aromatic nitrogens is 1. The Balaban J connectivity index is 2.40. The standard InChI is InChI=1S/C10H19N3S/c1-10(2,7-11)8-13(3)6-9-12-4-5-14-9/h4-5H,6-8,11H2,1-3H3. The fraction of sp³-hybridized carbons (Fsp3) is 0.700. The summed E-state index contributed by atoms with van der Waals surface area (Å²) in [4.78, 5) is 6.53. The number of nitrogens with zero attached hydrogens (tertiary/aromatic N) is 2. The van der Waals surface area contributed by atoms with E-state index in [0.29, 0.717) is 0 Å². The summed E-state index contributed by atoms with van der Waals surface area (Å²) in [7, 11) is 2.11. The molecule has 0 unspecified atom stereocenters. The highest BCUT2D eigenvalue weighted by molar-refractivity contribution is 7.09. The summed E-state index contributed by atoms with van der Waals surface area (Å²) < 4.78 is 0. The second-order valence-corrected chi connectivity index (χ2v) is 5.45. The van der Waals surface area contributed by atoms with E-state index in [9.17, 15) is 0 Å². The number of hydrogen-bond donors (Lipinski definition) is 1. The van der Waals surface area contributed by atoms with E-state index in [4.69, 9.17) is 5.73 Å². The maximum absolute atomic E-state index is 5.69. The smallest absolute Gasteiger partial charge is 0.107 e. The number of thiazole rings is 1. The lowest BCUT2D eigenvalue weighted by molar-refractivity contribution is 0.209. The molecule has 1 aromatic heterocycles. The molecule has 0 aliphatic heterocycles. The van der Waals surface area contributed by atoms with Gasteiger partial charge in [-0.1, -0.05) is 13.8 Å². The summed E-state index contributed by atoms with van der Waals surface area (Å²) in [5.41, 5.74) is 5.87. The molecular weight excluding hydrogens is 194 g/mol. The third kappa shape index (κ3) is 3.74. The van der Waals surface area contributed by atoms with E-state index in [1.807, 2.05) is 11.6 Å². The fourth-order valence-corrected chi connectivity index (χ4v) is 2.11. The van der Waals surface area contributed by atoms with Crippen LogP contribution in [0.1, 0.15) is 18.9 Å². The van der Waals surface area contributed by atoms with Crippen LogP contribution in [0.15, 0.2) is 11.6 Å². The maximum Gasteiger partial charge on any atom is 0.107 e. The first-order valence-electron chi connectivity index (χ1n) is 4.80. The van der Waals surface area contributed by atoms with Crippen molar-refractivity contribution >= 4 is 11.3 Å². The largest absolute Gasteiger partial charge is 0.330 e. The van der Waals surface area contributed by atoms with Crippen molar-refractivity contribution in [3.8, 4) is 0 Å². The van der Waals surface area contributed by atoms with Gasteiger partial charge < -0.3 is 5.73 Å². The Morgan fingerprint density at radius 2 is 2.29 bits per heavy atom. The van der Waals surface area contributed by atoms with E-state index in [-0.39, 0.29) is 5.41 Å². The summed E-state index contributed by atoms with van der Waals surface area (Å²) in [6.07, 6.45) is 1.85. The predicted octanol–water partition coefficient (Wildman–Crippen LogP) is 1.56. The molecule has 0 aliphatic rings. The van der Waals surface area contributed by atoms with Gasteiger partial charge in [-0.2, -0.15) is 0 Å². The zero-order valence-electron chi connectivity index (χ0n) is 9.16. The molecule has 0 saturated carbocycles. The molecule has 0 fully saturated rings. The number of hydrogen-bond acceptors (Lipinski definition) is 4. The first kappa shape index (κ1) is 11.6. The van der Waals surface area contributed by atoms with Gasteiger partial charge in [0.25, 0.3) is 0 Å². The lowest BCUT2D eigenvalue weighted by Gasteiger charge is -2.28. The molecule has 0 aliphatic carbocycles. The molecule has 0 amide bonds. The molecule has 0 radical (unpaired) electrons. The van der Waals surface area contributed by atoms with Crippen molar-refractivity contribution in [2.45, 2.75) is 20.4 Å². The van der Waals surface area contributed by atoms with Gasteiger partial charge in [-0.3, -0.25) is 4.90 Å². The van der Waals surface area contributed by atoms with Crippen LogP contribution >= 0.6 is 11.3 Å². The second-order valence-electron chi connectivity index (χ2n) is 4.47. The zero-order chi connectivity index (χ0) is 10.6. The molecule has 1 aromatic rings. The summed E-state index contributed by atoms with van der Waals surface area (Å²) in [5, 5.41) is 3.18. The Morgan fingerprint density at radius 1 is 1.57 bits per heavy atom. The SMILES string of the molecule is CN(Cc1nccs1)CC(C)(C)CN. The Kier molecular flexibility index (Phi) is 4.04. The molecule has 3 nitrogen and oxygen atoms in total. The Labute approximate surface area is 89.9 Å². The average molecular weight is 213 g/mol. The van der Waals surface area contributed by atoms with Crippen molar-refractivity contribution in [3.05, 3.63) is 16.6 Å². The van der Waals surface area contributed by atoms with E-state index in [1.165, 1.54) is 5.01 Å². The van der Waals surface area contributed by atoms with Crippen molar-refractivity contribution in [1.29, 1.82) is 0 Å². The third-order valence-corrected chi connectivity index (χ3v) is 2.90. The molecule has 80 valence electrons. The van der Waals surface area contributed by atoms with Gasteiger partial charge in [0.1, 0.15) is 5.01 Å². The molecule has 14 heavy (non-hydrogen) atoms. The van der Waals surface area contributed by atoms with E-state index in [0.717, 1.165) is 19.6 Å². The van der Waals surface area contributed by atoms with Crippen LogP contribution in [-0.2, 0) is 6.54 Å². The Morgan fingerprint density at radius 3 is 2.79 bits per heavy atom. The van der Waals surface area contributed by atoms with E-state index in [1.54, 1.807) is 11.3 Å². The van der Waals surface area contributed by atoms with Gasteiger partial charge in [0, 0.05) is 18.1 Å². The van der Waals surface area contributed by atoms with Crippen LogP contribution in [0.5, 0.6) is 0 Å². The van der Waals surface area contributed by atoms with Gasteiger partial charge in [-0.25, -0.2) is 4.98 Å². The predicted molar refractivity (Wildman–Crippen MR) is 61.3 cm³/mol. The number of nitrogens with two attached hydrogens (primary N) is 1. The van der Waals surface area contributed by atoms with Crippen molar-refractivity contribution in [1.82, 2.24) is 9.88 Å². The molecule has 0 bridgehead atoms. The van der Waals surface area contributed by atoms with Crippen LogP contribution in [0.4, 0.5) is 0 Å². The quantitative estimate of drug-likeness (QED) is 0.807. The van der Waals surface area contributed by atoms with Gasteiger partial charge in [0.2, 0.25) is 0 Å². The van der Waals surface area contributed by atoms with Gasteiger partial charge >= 0.3 is 0 Å². The van der Waals surface area contributed by atoms with Gasteiger partial charge in [0.15, 0.2) is 0 Å². The van der Waals surface area contributed by atoms with E-state index >= 15 is 0 Å². The average Bonchev–Trinajstić information content (AvgIpc) is 2.55. The highest BCUT2D eigenvalue weighted by Gasteiger charge is 2.18. The van der Waals surface area contributed by atoms with Crippen molar-refractivity contribution in [2.24, 2.45) is 11.1 Å². The highest BCUT2D eigenvalue weighted by Crippen LogP contribution is 2.16. The van der Waals surface area contributed by atoms with Crippen molar-refractivity contribution < 1.29 is 0 Å². The normalized spacial score (nSPS) is 12.4. The minimum Gasteiger partial charge on any atom is -0.330 e. The molecule has 2 N–H and O–H groups in total. The molecule has 1 heterocycles. The molecule has 0 atom stereocenters. The fourth-order valence-electron chi connectivity index (χ4n) is 1.41. The molecule has 1 rings (SSSR count). The van der Waals surface area contributed by atoms with Crippen LogP contribution < -0.4 is 5.73 Å². The van der Waals surface area contributed by atoms with Crippen LogP contribution in [0, 0.1) is 5.41 Å². The van der Waals surface area contributed by atoms with Crippen LogP contribution in [-0.4, -0.2) is 30.0 Å². The van der Waals surface area contributed by atoms with Crippen LogP contribution in [0.2, 0.25) is 0 Å². The van der Waals surface area contributed by atoms with Crippen LogP contribution in [0.25, 0.3) is 0 Å². The lowest BCUT2D eigenvalue weighted by Crippen LogP contribution is -2.36. The molecule has 0 aromatic carbocycles. The summed E-state index contributed by atoms with van der Waals surface area (Å²) in [6.45, 7) is 7.01. The van der Waals surface area contributed by atoms with Crippen molar-refractivity contribution in [2.75, 3.05) is 20.1 Å². The topological polar surface area (TPSA) is 42.2 Å². The van der Waals surface area contributed by atoms with Gasteiger partial charge in [-0.15, -0.1) is 11.3 Å². The minimum atomic E-state index is 0.187. The molecule has 4 heteroatoms. The summed E-state index contributed by atoms with van der Waals surface area (Å²) in [6, 6.07) is 0. The highest BCUT2D eigenvalue weighted by atomic mass is 32.1. The minimum absolute atomic E-state index is 0.187. The first-order chi connectivity index (χ1) is 6.53. The molecule has 0 spiro atoms. The van der Waals surface area contributed by atoms with Gasteiger partial charge in [0.05, 0.1) is 6.54 Å². The Hall–Kier alpha value is -0.450. The Bertz CT molecular complexity index is 256. The van der Waals surface area contributed by atoms with E-state index < -0.39 is 0 Å². The molecular formula is C10H19N3S. The third-order valence-electron chi connectivity index (χ3n) is 2.14. The summed E-state index contributed by atoms with van der Waals surface area (Å²) >= 11 is 1.70.